The number of amides is 1. The van der Waals surface area contributed by atoms with Crippen molar-refractivity contribution in [2.45, 2.75) is 44.4 Å². The molecular weight excluding hydrogens is 292 g/mol. The molecule has 1 fully saturated rings. The van der Waals surface area contributed by atoms with Gasteiger partial charge in [0.05, 0.1) is 5.75 Å². The molecule has 1 aliphatic heterocycles. The van der Waals surface area contributed by atoms with E-state index in [1.54, 1.807) is 11.8 Å². The summed E-state index contributed by atoms with van der Waals surface area (Å²) in [4.78, 5) is 15.4. The van der Waals surface area contributed by atoms with Gasteiger partial charge in [-0.25, -0.2) is 0 Å². The molecule has 122 valence electrons. The van der Waals surface area contributed by atoms with Gasteiger partial charge in [-0.2, -0.15) is 0 Å². The number of hydrogen-bond acceptors (Lipinski definition) is 3. The minimum atomic E-state index is 0.106. The van der Waals surface area contributed by atoms with Crippen LogP contribution in [0.2, 0.25) is 0 Å². The highest BCUT2D eigenvalue weighted by molar-refractivity contribution is 8.00. The first-order valence-electron chi connectivity index (χ1n) is 7.95. The lowest BCUT2D eigenvalue weighted by molar-refractivity contribution is -0.127. The predicted molar refractivity (Wildman–Crippen MR) is 94.2 cm³/mol. The standard InChI is InChI=1S/C18H28N2OS/c1-17(2,3)14-5-7-15(8-6-14)22-11-16(21)20-10-9-18(4,12-19)13-20/h5-8H,9-13,19H2,1-4H3. The van der Waals surface area contributed by atoms with Gasteiger partial charge in [-0.3, -0.25) is 4.79 Å². The van der Waals surface area contributed by atoms with Crippen molar-refractivity contribution in [2.24, 2.45) is 11.1 Å². The fourth-order valence-electron chi connectivity index (χ4n) is 2.69. The van der Waals surface area contributed by atoms with Crippen LogP contribution in [-0.2, 0) is 10.2 Å². The summed E-state index contributed by atoms with van der Waals surface area (Å²) < 4.78 is 0. The van der Waals surface area contributed by atoms with Gasteiger partial charge in [0.2, 0.25) is 5.91 Å². The third kappa shape index (κ3) is 4.26. The molecule has 1 amide bonds. The van der Waals surface area contributed by atoms with Crippen molar-refractivity contribution in [1.82, 2.24) is 4.90 Å². The van der Waals surface area contributed by atoms with E-state index in [-0.39, 0.29) is 16.7 Å². The topological polar surface area (TPSA) is 46.3 Å². The maximum Gasteiger partial charge on any atom is 0.232 e. The first kappa shape index (κ1) is 17.4. The molecule has 3 nitrogen and oxygen atoms in total. The Morgan fingerprint density at radius 3 is 2.45 bits per heavy atom. The summed E-state index contributed by atoms with van der Waals surface area (Å²) >= 11 is 1.62. The van der Waals surface area contributed by atoms with Crippen LogP contribution in [0, 0.1) is 5.41 Å². The summed E-state index contributed by atoms with van der Waals surface area (Å²) in [7, 11) is 0. The van der Waals surface area contributed by atoms with E-state index in [0.717, 1.165) is 24.4 Å². The molecule has 0 radical (unpaired) electrons. The molecule has 1 saturated heterocycles. The Morgan fingerprint density at radius 1 is 1.32 bits per heavy atom. The van der Waals surface area contributed by atoms with E-state index in [1.165, 1.54) is 5.56 Å². The molecule has 1 aromatic carbocycles. The molecule has 0 aliphatic carbocycles. The van der Waals surface area contributed by atoms with E-state index in [2.05, 4.69) is 52.0 Å². The van der Waals surface area contributed by atoms with Gasteiger partial charge >= 0.3 is 0 Å². The second-order valence-electron chi connectivity index (χ2n) is 7.64. The maximum atomic E-state index is 12.3. The smallest absolute Gasteiger partial charge is 0.232 e. The Kier molecular flexibility index (Phi) is 5.23. The second-order valence-corrected chi connectivity index (χ2v) is 8.69. The molecule has 0 aromatic heterocycles. The van der Waals surface area contributed by atoms with Crippen LogP contribution in [0.25, 0.3) is 0 Å². The van der Waals surface area contributed by atoms with Crippen LogP contribution in [0.4, 0.5) is 0 Å². The van der Waals surface area contributed by atoms with Gasteiger partial charge in [0.1, 0.15) is 0 Å². The molecule has 0 saturated carbocycles. The van der Waals surface area contributed by atoms with Crippen molar-refractivity contribution in [3.05, 3.63) is 29.8 Å². The number of carbonyl (C=O) groups is 1. The zero-order valence-corrected chi connectivity index (χ0v) is 15.0. The summed E-state index contributed by atoms with van der Waals surface area (Å²) in [5, 5.41) is 0. The summed E-state index contributed by atoms with van der Waals surface area (Å²) in [5.74, 6) is 0.734. The fourth-order valence-corrected chi connectivity index (χ4v) is 3.49. The van der Waals surface area contributed by atoms with Crippen LogP contribution in [-0.4, -0.2) is 36.2 Å². The number of hydrogen-bond donors (Lipinski definition) is 1. The van der Waals surface area contributed by atoms with Crippen LogP contribution in [0.1, 0.15) is 39.7 Å². The lowest BCUT2D eigenvalue weighted by Crippen LogP contribution is -2.35. The summed E-state index contributed by atoms with van der Waals surface area (Å²) in [6, 6.07) is 8.56. The fraction of sp³-hybridized carbons (Fsp3) is 0.611. The van der Waals surface area contributed by atoms with Gasteiger partial charge in [-0.1, -0.05) is 39.8 Å². The minimum Gasteiger partial charge on any atom is -0.341 e. The Hall–Kier alpha value is -1.00. The Morgan fingerprint density at radius 2 is 1.95 bits per heavy atom. The Labute approximate surface area is 138 Å². The lowest BCUT2D eigenvalue weighted by Gasteiger charge is -2.22. The largest absolute Gasteiger partial charge is 0.341 e. The van der Waals surface area contributed by atoms with Crippen molar-refractivity contribution < 1.29 is 4.79 Å². The molecule has 1 unspecified atom stereocenters. The highest BCUT2D eigenvalue weighted by Gasteiger charge is 2.34. The van der Waals surface area contributed by atoms with Crippen molar-refractivity contribution >= 4 is 17.7 Å². The van der Waals surface area contributed by atoms with E-state index in [0.29, 0.717) is 12.3 Å². The van der Waals surface area contributed by atoms with Crippen molar-refractivity contribution in [3.8, 4) is 0 Å². The van der Waals surface area contributed by atoms with E-state index >= 15 is 0 Å². The van der Waals surface area contributed by atoms with Gasteiger partial charge < -0.3 is 10.6 Å². The third-order valence-electron chi connectivity index (χ3n) is 4.49. The van der Waals surface area contributed by atoms with Crippen LogP contribution >= 0.6 is 11.8 Å². The van der Waals surface area contributed by atoms with Gasteiger partial charge in [-0.05, 0) is 41.5 Å². The molecule has 4 heteroatoms. The average Bonchev–Trinajstić information content (AvgIpc) is 2.88. The van der Waals surface area contributed by atoms with Gasteiger partial charge in [0.15, 0.2) is 0 Å². The first-order chi connectivity index (χ1) is 10.2. The lowest BCUT2D eigenvalue weighted by atomic mass is 9.87. The van der Waals surface area contributed by atoms with Crippen LogP contribution in [0.5, 0.6) is 0 Å². The Balaban J connectivity index is 1.87. The predicted octanol–water partition coefficient (Wildman–Crippen LogP) is 3.27. The molecule has 1 aromatic rings. The van der Waals surface area contributed by atoms with E-state index in [1.807, 2.05) is 4.90 Å². The van der Waals surface area contributed by atoms with Crippen LogP contribution in [0.15, 0.2) is 29.2 Å². The minimum absolute atomic E-state index is 0.106. The van der Waals surface area contributed by atoms with Crippen LogP contribution < -0.4 is 5.73 Å². The van der Waals surface area contributed by atoms with Gasteiger partial charge in [0.25, 0.3) is 0 Å². The van der Waals surface area contributed by atoms with E-state index in [9.17, 15) is 4.79 Å². The normalized spacial score (nSPS) is 22.1. The van der Waals surface area contributed by atoms with Crippen LogP contribution in [0.3, 0.4) is 0 Å². The highest BCUT2D eigenvalue weighted by Crippen LogP contribution is 2.30. The molecular formula is C18H28N2OS. The van der Waals surface area contributed by atoms with Gasteiger partial charge in [0, 0.05) is 18.0 Å². The van der Waals surface area contributed by atoms with E-state index in [4.69, 9.17) is 5.73 Å². The molecule has 0 bridgehead atoms. The third-order valence-corrected chi connectivity index (χ3v) is 5.48. The molecule has 2 rings (SSSR count). The van der Waals surface area contributed by atoms with Gasteiger partial charge in [-0.15, -0.1) is 11.8 Å². The quantitative estimate of drug-likeness (QED) is 0.866. The monoisotopic (exact) mass is 320 g/mol. The van der Waals surface area contributed by atoms with Crippen molar-refractivity contribution in [3.63, 3.8) is 0 Å². The average molecular weight is 321 g/mol. The molecule has 0 spiro atoms. The number of carbonyl (C=O) groups excluding carboxylic acids is 1. The summed E-state index contributed by atoms with van der Waals surface area (Å²) in [6.07, 6.45) is 1.01. The maximum absolute atomic E-state index is 12.3. The summed E-state index contributed by atoms with van der Waals surface area (Å²) in [6.45, 7) is 11.1. The number of rotatable bonds is 4. The number of likely N-dealkylation sites (tertiary alicyclic amines) is 1. The molecule has 22 heavy (non-hydrogen) atoms. The zero-order chi connectivity index (χ0) is 16.4. The molecule has 2 N–H and O–H groups in total. The van der Waals surface area contributed by atoms with Crippen molar-refractivity contribution in [2.75, 3.05) is 25.4 Å². The number of thioether (sulfide) groups is 1. The molecule has 1 heterocycles. The molecule has 1 aliphatic rings. The number of nitrogens with two attached hydrogens (primary N) is 1. The second kappa shape index (κ2) is 6.63. The Bertz CT molecular complexity index is 521. The number of benzene rings is 1. The van der Waals surface area contributed by atoms with E-state index < -0.39 is 0 Å². The highest BCUT2D eigenvalue weighted by atomic mass is 32.2. The molecule has 1 atom stereocenters. The summed E-state index contributed by atoms with van der Waals surface area (Å²) in [5.41, 5.74) is 7.40. The SMILES string of the molecule is CC1(CN)CCN(C(=O)CSc2ccc(C(C)(C)C)cc2)C1. The zero-order valence-electron chi connectivity index (χ0n) is 14.2. The number of nitrogens with zero attached hydrogens (tertiary/aromatic N) is 1. The first-order valence-corrected chi connectivity index (χ1v) is 8.93. The van der Waals surface area contributed by atoms with Crippen molar-refractivity contribution in [1.29, 1.82) is 0 Å².